The third kappa shape index (κ3) is 3.27. The van der Waals surface area contributed by atoms with E-state index in [1.807, 2.05) is 12.1 Å². The highest BCUT2D eigenvalue weighted by Gasteiger charge is 2.21. The molecule has 0 spiro atoms. The lowest BCUT2D eigenvalue weighted by Crippen LogP contribution is -2.38. The molecule has 2 unspecified atom stereocenters. The minimum absolute atomic E-state index is 0.0930. The molecule has 1 saturated heterocycles. The summed E-state index contributed by atoms with van der Waals surface area (Å²) in [5, 5.41) is 3.47. The molecule has 1 fully saturated rings. The van der Waals surface area contributed by atoms with Gasteiger partial charge >= 0.3 is 0 Å². The van der Waals surface area contributed by atoms with Crippen molar-refractivity contribution >= 4 is 0 Å². The van der Waals surface area contributed by atoms with Gasteiger partial charge in [-0.3, -0.25) is 4.90 Å². The third-order valence-corrected chi connectivity index (χ3v) is 3.52. The van der Waals surface area contributed by atoms with Crippen LogP contribution in [0.2, 0.25) is 0 Å². The predicted octanol–water partition coefficient (Wildman–Crippen LogP) is 2.40. The van der Waals surface area contributed by atoms with Gasteiger partial charge in [0.2, 0.25) is 0 Å². The summed E-state index contributed by atoms with van der Waals surface area (Å²) < 4.78 is 13.6. The first-order chi connectivity index (χ1) is 8.16. The topological polar surface area (TPSA) is 15.3 Å². The van der Waals surface area contributed by atoms with Crippen LogP contribution in [0.25, 0.3) is 0 Å². The van der Waals surface area contributed by atoms with Crippen molar-refractivity contribution in [2.24, 2.45) is 0 Å². The van der Waals surface area contributed by atoms with E-state index in [0.29, 0.717) is 18.6 Å². The summed E-state index contributed by atoms with van der Waals surface area (Å²) in [4.78, 5) is 2.36. The van der Waals surface area contributed by atoms with E-state index >= 15 is 0 Å². The Morgan fingerprint density at radius 3 is 2.88 bits per heavy atom. The first-order valence-corrected chi connectivity index (χ1v) is 6.37. The van der Waals surface area contributed by atoms with Gasteiger partial charge in [-0.15, -0.1) is 0 Å². The van der Waals surface area contributed by atoms with Gasteiger partial charge in [-0.2, -0.15) is 0 Å². The quantitative estimate of drug-likeness (QED) is 0.848. The van der Waals surface area contributed by atoms with Crippen molar-refractivity contribution in [3.8, 4) is 0 Å². The number of hydrogen-bond donors (Lipinski definition) is 1. The third-order valence-electron chi connectivity index (χ3n) is 3.52. The zero-order chi connectivity index (χ0) is 12.3. The number of nitrogens with zero attached hydrogens (tertiary/aromatic N) is 1. The molecule has 94 valence electrons. The van der Waals surface area contributed by atoms with E-state index in [1.54, 1.807) is 12.1 Å². The summed E-state index contributed by atoms with van der Waals surface area (Å²) in [5.74, 6) is -0.0930. The summed E-state index contributed by atoms with van der Waals surface area (Å²) in [5.41, 5.74) is 0.799. The molecule has 0 radical (unpaired) electrons. The Morgan fingerprint density at radius 1 is 1.35 bits per heavy atom. The smallest absolute Gasteiger partial charge is 0.127 e. The number of halogens is 1. The van der Waals surface area contributed by atoms with Crippen molar-refractivity contribution in [3.05, 3.63) is 35.6 Å². The van der Waals surface area contributed by atoms with Crippen LogP contribution in [0.15, 0.2) is 24.3 Å². The summed E-state index contributed by atoms with van der Waals surface area (Å²) in [6.07, 6.45) is 1.12. The molecule has 1 aliphatic rings. The average Bonchev–Trinajstić information content (AvgIpc) is 2.45. The van der Waals surface area contributed by atoms with Gasteiger partial charge in [-0.05, 0) is 32.9 Å². The van der Waals surface area contributed by atoms with Crippen LogP contribution < -0.4 is 5.32 Å². The fourth-order valence-electron chi connectivity index (χ4n) is 2.38. The van der Waals surface area contributed by atoms with Crippen LogP contribution in [0.1, 0.15) is 25.8 Å². The predicted molar refractivity (Wildman–Crippen MR) is 68.4 cm³/mol. The molecule has 0 aliphatic carbocycles. The Labute approximate surface area is 103 Å². The van der Waals surface area contributed by atoms with Gasteiger partial charge in [0.15, 0.2) is 0 Å². The number of hydrogen-bond acceptors (Lipinski definition) is 2. The Hall–Kier alpha value is -0.930. The average molecular weight is 236 g/mol. The summed E-state index contributed by atoms with van der Waals surface area (Å²) in [7, 11) is 0. The van der Waals surface area contributed by atoms with Crippen LogP contribution in [0.3, 0.4) is 0 Å². The molecule has 1 aromatic rings. The maximum Gasteiger partial charge on any atom is 0.127 e. The molecular weight excluding hydrogens is 215 g/mol. The second-order valence-corrected chi connectivity index (χ2v) is 5.01. The summed E-state index contributed by atoms with van der Waals surface area (Å²) in [6, 6.07) is 8.06. The fourth-order valence-corrected chi connectivity index (χ4v) is 2.38. The Morgan fingerprint density at radius 2 is 2.12 bits per heavy atom. The normalized spacial score (nSPS) is 26.8. The molecule has 2 atom stereocenters. The van der Waals surface area contributed by atoms with Crippen LogP contribution in [-0.4, -0.2) is 30.1 Å². The molecule has 2 nitrogen and oxygen atoms in total. The van der Waals surface area contributed by atoms with Crippen molar-refractivity contribution in [3.63, 3.8) is 0 Å². The van der Waals surface area contributed by atoms with Crippen LogP contribution in [0, 0.1) is 5.82 Å². The van der Waals surface area contributed by atoms with E-state index in [4.69, 9.17) is 0 Å². The number of benzene rings is 1. The monoisotopic (exact) mass is 236 g/mol. The zero-order valence-corrected chi connectivity index (χ0v) is 10.6. The second-order valence-electron chi connectivity index (χ2n) is 5.01. The van der Waals surface area contributed by atoms with Gasteiger partial charge in [-0.1, -0.05) is 18.2 Å². The molecule has 1 aliphatic heterocycles. The van der Waals surface area contributed by atoms with E-state index in [2.05, 4.69) is 24.1 Å². The van der Waals surface area contributed by atoms with Crippen molar-refractivity contribution in [2.75, 3.05) is 13.1 Å². The lowest BCUT2D eigenvalue weighted by atomic mass is 10.1. The van der Waals surface area contributed by atoms with Crippen molar-refractivity contribution in [1.29, 1.82) is 0 Å². The SMILES string of the molecule is CC1CN(Cc2ccccc2F)C(C)CCN1. The molecule has 0 saturated carbocycles. The van der Waals surface area contributed by atoms with E-state index in [9.17, 15) is 4.39 Å². The van der Waals surface area contributed by atoms with Crippen LogP contribution in [0.4, 0.5) is 4.39 Å². The molecule has 17 heavy (non-hydrogen) atoms. The van der Waals surface area contributed by atoms with Crippen LogP contribution in [0.5, 0.6) is 0 Å². The first kappa shape index (κ1) is 12.5. The summed E-state index contributed by atoms with van der Waals surface area (Å²) in [6.45, 7) is 7.15. The van der Waals surface area contributed by atoms with Crippen LogP contribution in [-0.2, 0) is 6.54 Å². The fraction of sp³-hybridized carbons (Fsp3) is 0.571. The minimum atomic E-state index is -0.0930. The van der Waals surface area contributed by atoms with Crippen molar-refractivity contribution in [1.82, 2.24) is 10.2 Å². The molecule has 0 aromatic heterocycles. The van der Waals surface area contributed by atoms with Gasteiger partial charge < -0.3 is 5.32 Å². The van der Waals surface area contributed by atoms with E-state index < -0.39 is 0 Å². The van der Waals surface area contributed by atoms with E-state index in [1.165, 1.54) is 0 Å². The molecule has 2 rings (SSSR count). The zero-order valence-electron chi connectivity index (χ0n) is 10.6. The molecular formula is C14H21FN2. The maximum absolute atomic E-state index is 13.6. The maximum atomic E-state index is 13.6. The molecule has 1 N–H and O–H groups in total. The van der Waals surface area contributed by atoms with Crippen LogP contribution >= 0.6 is 0 Å². The first-order valence-electron chi connectivity index (χ1n) is 6.37. The minimum Gasteiger partial charge on any atom is -0.313 e. The van der Waals surface area contributed by atoms with Gasteiger partial charge in [0.25, 0.3) is 0 Å². The molecule has 1 heterocycles. The Kier molecular flexibility index (Phi) is 4.13. The van der Waals surface area contributed by atoms with Gasteiger partial charge in [0.05, 0.1) is 0 Å². The standard InChI is InChI=1S/C14H21FN2/c1-11-9-17(12(2)7-8-16-11)10-13-5-3-4-6-14(13)15/h3-6,11-12,16H,7-10H2,1-2H3. The van der Waals surface area contributed by atoms with E-state index in [0.717, 1.165) is 25.1 Å². The number of rotatable bonds is 2. The Balaban J connectivity index is 2.08. The largest absolute Gasteiger partial charge is 0.313 e. The number of nitrogens with one attached hydrogen (secondary N) is 1. The van der Waals surface area contributed by atoms with Crippen molar-refractivity contribution < 1.29 is 4.39 Å². The van der Waals surface area contributed by atoms with Gasteiger partial charge in [0.1, 0.15) is 5.82 Å². The highest BCUT2D eigenvalue weighted by Crippen LogP contribution is 2.15. The highest BCUT2D eigenvalue weighted by atomic mass is 19.1. The van der Waals surface area contributed by atoms with Gasteiger partial charge in [0, 0.05) is 30.7 Å². The second kappa shape index (κ2) is 5.61. The lowest BCUT2D eigenvalue weighted by molar-refractivity contribution is 0.196. The summed E-state index contributed by atoms with van der Waals surface area (Å²) >= 11 is 0. The highest BCUT2D eigenvalue weighted by molar-refractivity contribution is 5.17. The molecule has 1 aromatic carbocycles. The lowest BCUT2D eigenvalue weighted by Gasteiger charge is -2.28. The van der Waals surface area contributed by atoms with E-state index in [-0.39, 0.29) is 5.82 Å². The molecule has 0 amide bonds. The van der Waals surface area contributed by atoms with Crippen molar-refractivity contribution in [2.45, 2.75) is 38.9 Å². The molecule has 0 bridgehead atoms. The van der Waals surface area contributed by atoms with Gasteiger partial charge in [-0.25, -0.2) is 4.39 Å². The molecule has 3 heteroatoms. The Bertz CT molecular complexity index is 367.